The van der Waals surface area contributed by atoms with Crippen molar-refractivity contribution in [1.29, 1.82) is 0 Å². The lowest BCUT2D eigenvalue weighted by atomic mass is 10.2. The van der Waals surface area contributed by atoms with Crippen molar-refractivity contribution in [3.63, 3.8) is 0 Å². The zero-order chi connectivity index (χ0) is 19.2. The molecule has 1 amide bonds. The molecular weight excluding hydrogens is 388 g/mol. The number of rotatable bonds is 6. The highest BCUT2D eigenvalue weighted by molar-refractivity contribution is 7.99. The van der Waals surface area contributed by atoms with Gasteiger partial charge in [0, 0.05) is 44.0 Å². The molecule has 0 radical (unpaired) electrons. The van der Waals surface area contributed by atoms with Crippen LogP contribution in [0.15, 0.2) is 65.0 Å². The molecule has 1 saturated heterocycles. The fourth-order valence-electron chi connectivity index (χ4n) is 3.21. The summed E-state index contributed by atoms with van der Waals surface area (Å²) in [5.41, 5.74) is 2.13. The number of aromatic nitrogens is 2. The Hall–Kier alpha value is -2.38. The van der Waals surface area contributed by atoms with Crippen molar-refractivity contribution < 1.29 is 4.79 Å². The summed E-state index contributed by atoms with van der Waals surface area (Å²) in [5, 5.41) is 11.5. The molecule has 3 heterocycles. The molecule has 0 atom stereocenters. The molecular formula is C21H22N4OS2. The van der Waals surface area contributed by atoms with Gasteiger partial charge in [0.05, 0.1) is 4.88 Å². The number of para-hydroxylation sites is 1. The van der Waals surface area contributed by atoms with Crippen LogP contribution in [0.2, 0.25) is 0 Å². The van der Waals surface area contributed by atoms with Crippen molar-refractivity contribution in [3.8, 4) is 10.6 Å². The van der Waals surface area contributed by atoms with E-state index >= 15 is 0 Å². The third-order valence-electron chi connectivity index (χ3n) is 4.73. The van der Waals surface area contributed by atoms with E-state index in [1.165, 1.54) is 5.69 Å². The number of benzene rings is 1. The van der Waals surface area contributed by atoms with Gasteiger partial charge in [0.1, 0.15) is 10.7 Å². The van der Waals surface area contributed by atoms with E-state index in [1.807, 2.05) is 40.6 Å². The molecule has 1 aromatic carbocycles. The molecule has 3 aromatic rings. The second-order valence-corrected chi connectivity index (χ2v) is 8.60. The maximum absolute atomic E-state index is 12.5. The van der Waals surface area contributed by atoms with Crippen molar-refractivity contribution in [3.05, 3.63) is 60.0 Å². The van der Waals surface area contributed by atoms with Crippen LogP contribution >= 0.6 is 23.1 Å². The van der Waals surface area contributed by atoms with E-state index in [9.17, 15) is 4.79 Å². The number of anilines is 1. The minimum atomic E-state index is 0.225. The molecule has 0 spiro atoms. The van der Waals surface area contributed by atoms with Crippen LogP contribution in [0.5, 0.6) is 0 Å². The Morgan fingerprint density at radius 1 is 0.964 bits per heavy atom. The molecule has 1 aliphatic rings. The van der Waals surface area contributed by atoms with Crippen LogP contribution in [-0.4, -0.2) is 52.9 Å². The molecule has 4 rings (SSSR count). The van der Waals surface area contributed by atoms with Gasteiger partial charge in [-0.25, -0.2) is 0 Å². The molecule has 28 heavy (non-hydrogen) atoms. The predicted molar refractivity (Wildman–Crippen MR) is 116 cm³/mol. The smallest absolute Gasteiger partial charge is 0.223 e. The molecule has 1 aliphatic heterocycles. The molecule has 2 aromatic heterocycles. The van der Waals surface area contributed by atoms with E-state index in [1.54, 1.807) is 23.1 Å². The SMILES string of the molecule is O=C(CCSc1ccc(-c2cccs2)nn1)N1CCN(c2ccccc2)CC1. The Balaban J connectivity index is 1.21. The van der Waals surface area contributed by atoms with Crippen molar-refractivity contribution in [1.82, 2.24) is 15.1 Å². The van der Waals surface area contributed by atoms with Gasteiger partial charge in [-0.3, -0.25) is 4.79 Å². The summed E-state index contributed by atoms with van der Waals surface area (Å²) in [6, 6.07) is 18.4. The lowest BCUT2D eigenvalue weighted by Gasteiger charge is -2.36. The number of carbonyl (C=O) groups is 1. The summed E-state index contributed by atoms with van der Waals surface area (Å²) >= 11 is 3.24. The predicted octanol–water partition coefficient (Wildman–Crippen LogP) is 4.04. The number of nitrogens with zero attached hydrogens (tertiary/aromatic N) is 4. The lowest BCUT2D eigenvalue weighted by molar-refractivity contribution is -0.131. The van der Waals surface area contributed by atoms with Crippen LogP contribution in [0.25, 0.3) is 10.6 Å². The first-order valence-electron chi connectivity index (χ1n) is 9.38. The van der Waals surface area contributed by atoms with E-state index in [0.29, 0.717) is 6.42 Å². The summed E-state index contributed by atoms with van der Waals surface area (Å²) in [4.78, 5) is 17.9. The van der Waals surface area contributed by atoms with Crippen LogP contribution < -0.4 is 4.90 Å². The van der Waals surface area contributed by atoms with Crippen LogP contribution in [0, 0.1) is 0 Å². The number of amides is 1. The topological polar surface area (TPSA) is 49.3 Å². The average molecular weight is 411 g/mol. The highest BCUT2D eigenvalue weighted by atomic mass is 32.2. The standard InChI is InChI=1S/C21H22N4OS2/c26-21(25-13-11-24(12-14-25)17-5-2-1-3-6-17)10-16-28-20-9-8-18(22-23-20)19-7-4-15-27-19/h1-9,15H,10-14,16H2. The quantitative estimate of drug-likeness (QED) is 0.574. The van der Waals surface area contributed by atoms with Gasteiger partial charge in [0.15, 0.2) is 0 Å². The largest absolute Gasteiger partial charge is 0.368 e. The van der Waals surface area contributed by atoms with Crippen LogP contribution in [0.3, 0.4) is 0 Å². The first-order valence-corrected chi connectivity index (χ1v) is 11.2. The molecule has 1 fully saturated rings. The Labute approximate surface area is 173 Å². The third-order valence-corrected chi connectivity index (χ3v) is 6.55. The molecule has 0 bridgehead atoms. The third kappa shape index (κ3) is 4.72. The monoisotopic (exact) mass is 410 g/mol. The van der Waals surface area contributed by atoms with Gasteiger partial charge >= 0.3 is 0 Å². The van der Waals surface area contributed by atoms with Gasteiger partial charge in [0.2, 0.25) is 5.91 Å². The molecule has 0 N–H and O–H groups in total. The second-order valence-electron chi connectivity index (χ2n) is 6.54. The van der Waals surface area contributed by atoms with Gasteiger partial charge in [-0.05, 0) is 35.7 Å². The number of thiophene rings is 1. The summed E-state index contributed by atoms with van der Waals surface area (Å²) < 4.78 is 0. The molecule has 0 unspecified atom stereocenters. The number of piperazine rings is 1. The van der Waals surface area contributed by atoms with E-state index in [4.69, 9.17) is 0 Å². The van der Waals surface area contributed by atoms with Gasteiger partial charge < -0.3 is 9.80 Å². The highest BCUT2D eigenvalue weighted by Gasteiger charge is 2.20. The fourth-order valence-corrected chi connectivity index (χ4v) is 4.65. The summed E-state index contributed by atoms with van der Waals surface area (Å²) in [6.07, 6.45) is 0.532. The number of hydrogen-bond donors (Lipinski definition) is 0. The van der Waals surface area contributed by atoms with Crippen molar-refractivity contribution in [2.75, 3.05) is 36.8 Å². The maximum Gasteiger partial charge on any atom is 0.223 e. The number of carbonyl (C=O) groups excluding carboxylic acids is 1. The molecule has 144 valence electrons. The van der Waals surface area contributed by atoms with E-state index in [-0.39, 0.29) is 5.91 Å². The molecule has 0 aliphatic carbocycles. The van der Waals surface area contributed by atoms with E-state index in [0.717, 1.165) is 47.5 Å². The van der Waals surface area contributed by atoms with Crippen LogP contribution in [-0.2, 0) is 4.79 Å². The highest BCUT2D eigenvalue weighted by Crippen LogP contribution is 2.24. The van der Waals surface area contributed by atoms with Gasteiger partial charge in [0.25, 0.3) is 0 Å². The van der Waals surface area contributed by atoms with Gasteiger partial charge in [-0.15, -0.1) is 33.3 Å². The molecule has 0 saturated carbocycles. The fraction of sp³-hybridized carbons (Fsp3) is 0.286. The van der Waals surface area contributed by atoms with Crippen LogP contribution in [0.4, 0.5) is 5.69 Å². The van der Waals surface area contributed by atoms with E-state index < -0.39 is 0 Å². The first-order chi connectivity index (χ1) is 13.8. The maximum atomic E-state index is 12.5. The van der Waals surface area contributed by atoms with Gasteiger partial charge in [-0.2, -0.15) is 0 Å². The Bertz CT molecular complexity index is 877. The lowest BCUT2D eigenvalue weighted by Crippen LogP contribution is -2.48. The van der Waals surface area contributed by atoms with Crippen LogP contribution in [0.1, 0.15) is 6.42 Å². The van der Waals surface area contributed by atoms with Crippen molar-refractivity contribution in [2.45, 2.75) is 11.4 Å². The minimum absolute atomic E-state index is 0.225. The summed E-state index contributed by atoms with van der Waals surface area (Å²) in [7, 11) is 0. The Morgan fingerprint density at radius 3 is 2.46 bits per heavy atom. The molecule has 5 nitrogen and oxygen atoms in total. The summed E-state index contributed by atoms with van der Waals surface area (Å²) in [5.74, 6) is 0.952. The normalized spacial score (nSPS) is 14.3. The average Bonchev–Trinajstić information content (AvgIpc) is 3.30. The van der Waals surface area contributed by atoms with Gasteiger partial charge in [-0.1, -0.05) is 24.3 Å². The zero-order valence-electron chi connectivity index (χ0n) is 15.5. The Morgan fingerprint density at radius 2 is 1.79 bits per heavy atom. The Kier molecular flexibility index (Phi) is 6.24. The molecule has 7 heteroatoms. The van der Waals surface area contributed by atoms with Crippen molar-refractivity contribution >= 4 is 34.7 Å². The zero-order valence-corrected chi connectivity index (χ0v) is 17.2. The first kappa shape index (κ1) is 19.0. The number of thioether (sulfide) groups is 1. The van der Waals surface area contributed by atoms with Crippen molar-refractivity contribution in [2.24, 2.45) is 0 Å². The number of hydrogen-bond acceptors (Lipinski definition) is 6. The summed E-state index contributed by atoms with van der Waals surface area (Å²) in [6.45, 7) is 3.35. The minimum Gasteiger partial charge on any atom is -0.368 e. The second kappa shape index (κ2) is 9.21. The van der Waals surface area contributed by atoms with E-state index in [2.05, 4.69) is 39.4 Å².